The zero-order chi connectivity index (χ0) is 14.5. The number of methoxy groups -OCH3 is 1. The van der Waals surface area contributed by atoms with Gasteiger partial charge in [0, 0.05) is 0 Å². The van der Waals surface area contributed by atoms with Crippen LogP contribution in [0.25, 0.3) is 0 Å². The van der Waals surface area contributed by atoms with Gasteiger partial charge in [-0.2, -0.15) is 0 Å². The van der Waals surface area contributed by atoms with E-state index in [1.165, 1.54) is 19.2 Å². The number of esters is 2. The first-order valence-electron chi connectivity index (χ1n) is 5.77. The lowest BCUT2D eigenvalue weighted by molar-refractivity contribution is 0.0593. The summed E-state index contributed by atoms with van der Waals surface area (Å²) in [4.78, 5) is 23.6. The molecule has 0 aliphatic heterocycles. The number of ether oxygens (including phenoxy) is 2. The van der Waals surface area contributed by atoms with Gasteiger partial charge in [-0.3, -0.25) is 0 Å². The molecule has 20 heavy (non-hydrogen) atoms. The molecule has 2 rings (SSSR count). The molecule has 0 atom stereocenters. The summed E-state index contributed by atoms with van der Waals surface area (Å²) in [6.45, 7) is 0. The molecule has 0 saturated heterocycles. The molecule has 5 heteroatoms. The lowest BCUT2D eigenvalue weighted by Crippen LogP contribution is -2.12. The highest BCUT2D eigenvalue weighted by molar-refractivity contribution is 6.33. The van der Waals surface area contributed by atoms with Crippen molar-refractivity contribution >= 4 is 23.5 Å². The van der Waals surface area contributed by atoms with Crippen molar-refractivity contribution in [3.05, 3.63) is 64.7 Å². The van der Waals surface area contributed by atoms with E-state index in [1.807, 2.05) is 0 Å². The average molecular weight is 291 g/mol. The number of benzene rings is 2. The molecule has 2 aromatic carbocycles. The van der Waals surface area contributed by atoms with E-state index in [0.717, 1.165) is 0 Å². The Labute approximate surface area is 120 Å². The Morgan fingerprint density at radius 3 is 2.15 bits per heavy atom. The second kappa shape index (κ2) is 6.21. The number of halogens is 1. The van der Waals surface area contributed by atoms with Crippen LogP contribution in [0.1, 0.15) is 20.7 Å². The molecule has 0 amide bonds. The fourth-order valence-electron chi connectivity index (χ4n) is 1.62. The molecule has 2 aromatic rings. The van der Waals surface area contributed by atoms with Crippen molar-refractivity contribution in [2.75, 3.05) is 7.11 Å². The standard InChI is InChI=1S/C15H11ClO4/c1-19-14(17)11-7-3-5-9-13(11)20-15(18)10-6-2-4-8-12(10)16/h2-9H,1H3. The van der Waals surface area contributed by atoms with E-state index in [1.54, 1.807) is 36.4 Å². The van der Waals surface area contributed by atoms with E-state index < -0.39 is 11.9 Å². The van der Waals surface area contributed by atoms with Crippen molar-refractivity contribution in [3.63, 3.8) is 0 Å². The van der Waals surface area contributed by atoms with Crippen LogP contribution in [0.15, 0.2) is 48.5 Å². The van der Waals surface area contributed by atoms with Crippen LogP contribution in [-0.2, 0) is 4.74 Å². The molecule has 0 saturated carbocycles. The largest absolute Gasteiger partial charge is 0.465 e. The van der Waals surface area contributed by atoms with Gasteiger partial charge in [0.05, 0.1) is 17.7 Å². The molecule has 0 aliphatic carbocycles. The van der Waals surface area contributed by atoms with Crippen molar-refractivity contribution in [3.8, 4) is 5.75 Å². The molecule has 4 nitrogen and oxygen atoms in total. The number of carbonyl (C=O) groups is 2. The SMILES string of the molecule is COC(=O)c1ccccc1OC(=O)c1ccccc1Cl. The Morgan fingerprint density at radius 2 is 1.50 bits per heavy atom. The van der Waals surface area contributed by atoms with Crippen LogP contribution < -0.4 is 4.74 Å². The molecule has 0 aromatic heterocycles. The molecule has 0 heterocycles. The Kier molecular flexibility index (Phi) is 4.38. The molecule has 0 unspecified atom stereocenters. The van der Waals surface area contributed by atoms with Gasteiger partial charge in [0.2, 0.25) is 0 Å². The maximum atomic E-state index is 12.0. The third-order valence-electron chi connectivity index (χ3n) is 2.59. The van der Waals surface area contributed by atoms with E-state index >= 15 is 0 Å². The highest BCUT2D eigenvalue weighted by Gasteiger charge is 2.17. The van der Waals surface area contributed by atoms with Gasteiger partial charge in [-0.15, -0.1) is 0 Å². The van der Waals surface area contributed by atoms with Gasteiger partial charge in [-0.1, -0.05) is 35.9 Å². The zero-order valence-electron chi connectivity index (χ0n) is 10.6. The molecule has 0 aliphatic rings. The van der Waals surface area contributed by atoms with Crippen LogP contribution >= 0.6 is 11.6 Å². The fourth-order valence-corrected chi connectivity index (χ4v) is 1.83. The van der Waals surface area contributed by atoms with E-state index in [-0.39, 0.29) is 21.9 Å². The first-order chi connectivity index (χ1) is 9.63. The third-order valence-corrected chi connectivity index (χ3v) is 2.92. The quantitative estimate of drug-likeness (QED) is 0.642. The molecular weight excluding hydrogens is 280 g/mol. The average Bonchev–Trinajstić information content (AvgIpc) is 2.47. The molecule has 102 valence electrons. The van der Waals surface area contributed by atoms with E-state index in [4.69, 9.17) is 16.3 Å². The lowest BCUT2D eigenvalue weighted by atomic mass is 10.2. The number of rotatable bonds is 3. The second-order valence-electron chi connectivity index (χ2n) is 3.86. The minimum atomic E-state index is -0.632. The molecule has 0 spiro atoms. The third kappa shape index (κ3) is 2.97. The normalized spacial score (nSPS) is 9.90. The van der Waals surface area contributed by atoms with Crippen LogP contribution in [0, 0.1) is 0 Å². The number of hydrogen-bond donors (Lipinski definition) is 0. The molecular formula is C15H11ClO4. The van der Waals surface area contributed by atoms with Crippen LogP contribution in [0.3, 0.4) is 0 Å². The fraction of sp³-hybridized carbons (Fsp3) is 0.0667. The van der Waals surface area contributed by atoms with Crippen molar-refractivity contribution in [1.29, 1.82) is 0 Å². The van der Waals surface area contributed by atoms with Crippen LogP contribution in [0.4, 0.5) is 0 Å². The van der Waals surface area contributed by atoms with Crippen molar-refractivity contribution in [2.45, 2.75) is 0 Å². The highest BCUT2D eigenvalue weighted by Crippen LogP contribution is 2.22. The summed E-state index contributed by atoms with van der Waals surface area (Å²) in [5.41, 5.74) is 0.407. The first kappa shape index (κ1) is 14.1. The summed E-state index contributed by atoms with van der Waals surface area (Å²) in [7, 11) is 1.26. The Balaban J connectivity index is 2.29. The van der Waals surface area contributed by atoms with Gasteiger partial charge in [-0.25, -0.2) is 9.59 Å². The Hall–Kier alpha value is -2.33. The number of para-hydroxylation sites is 1. The van der Waals surface area contributed by atoms with E-state index in [2.05, 4.69) is 4.74 Å². The summed E-state index contributed by atoms with van der Waals surface area (Å²) < 4.78 is 9.84. The van der Waals surface area contributed by atoms with Crippen LogP contribution in [0.2, 0.25) is 5.02 Å². The molecule has 0 radical (unpaired) electrons. The number of hydrogen-bond acceptors (Lipinski definition) is 4. The predicted octanol–water partition coefficient (Wildman–Crippen LogP) is 3.35. The molecule has 0 bridgehead atoms. The summed E-state index contributed by atoms with van der Waals surface area (Å²) in [5.74, 6) is -1.08. The molecule has 0 N–H and O–H groups in total. The van der Waals surface area contributed by atoms with E-state index in [9.17, 15) is 9.59 Å². The van der Waals surface area contributed by atoms with Gasteiger partial charge < -0.3 is 9.47 Å². The second-order valence-corrected chi connectivity index (χ2v) is 4.26. The minimum Gasteiger partial charge on any atom is -0.465 e. The number of carbonyl (C=O) groups excluding carboxylic acids is 2. The Bertz CT molecular complexity index is 652. The summed E-state index contributed by atoms with van der Waals surface area (Å²) in [5, 5.41) is 0.285. The zero-order valence-corrected chi connectivity index (χ0v) is 11.4. The topological polar surface area (TPSA) is 52.6 Å². The van der Waals surface area contributed by atoms with Crippen LogP contribution in [-0.4, -0.2) is 19.0 Å². The lowest BCUT2D eigenvalue weighted by Gasteiger charge is -2.09. The van der Waals surface area contributed by atoms with Gasteiger partial charge in [0.25, 0.3) is 0 Å². The van der Waals surface area contributed by atoms with Gasteiger partial charge in [0.15, 0.2) is 0 Å². The summed E-state index contributed by atoms with van der Waals surface area (Å²) in [6, 6.07) is 12.9. The maximum absolute atomic E-state index is 12.0. The van der Waals surface area contributed by atoms with Gasteiger partial charge in [0.1, 0.15) is 11.3 Å². The van der Waals surface area contributed by atoms with E-state index in [0.29, 0.717) is 0 Å². The predicted molar refractivity (Wildman–Crippen MR) is 74.2 cm³/mol. The van der Waals surface area contributed by atoms with Crippen molar-refractivity contribution in [1.82, 2.24) is 0 Å². The van der Waals surface area contributed by atoms with Crippen LogP contribution in [0.5, 0.6) is 5.75 Å². The van der Waals surface area contributed by atoms with Crippen molar-refractivity contribution < 1.29 is 19.1 Å². The Morgan fingerprint density at radius 1 is 0.900 bits per heavy atom. The monoisotopic (exact) mass is 290 g/mol. The maximum Gasteiger partial charge on any atom is 0.345 e. The first-order valence-corrected chi connectivity index (χ1v) is 6.15. The smallest absolute Gasteiger partial charge is 0.345 e. The van der Waals surface area contributed by atoms with Gasteiger partial charge in [-0.05, 0) is 24.3 Å². The summed E-state index contributed by atoms with van der Waals surface area (Å²) >= 11 is 5.92. The minimum absolute atomic E-state index is 0.129. The van der Waals surface area contributed by atoms with Gasteiger partial charge >= 0.3 is 11.9 Å². The summed E-state index contributed by atoms with van der Waals surface area (Å²) in [6.07, 6.45) is 0. The molecule has 0 fully saturated rings. The highest BCUT2D eigenvalue weighted by atomic mass is 35.5. The van der Waals surface area contributed by atoms with Crippen molar-refractivity contribution in [2.24, 2.45) is 0 Å².